The Morgan fingerprint density at radius 2 is 2.20 bits per heavy atom. The Bertz CT molecular complexity index is 364. The largest absolute Gasteiger partial charge is 0.506 e. The molecule has 0 amide bonds. The number of phenols is 1. The van der Waals surface area contributed by atoms with Crippen molar-refractivity contribution in [2.75, 3.05) is 6.54 Å². The molecule has 2 rings (SSSR count). The molecule has 0 spiro atoms. The van der Waals surface area contributed by atoms with Crippen LogP contribution in [0.5, 0.6) is 5.75 Å². The predicted molar refractivity (Wildman–Crippen MR) is 57.7 cm³/mol. The summed E-state index contributed by atoms with van der Waals surface area (Å²) in [4.78, 5) is 0. The Labute approximate surface area is 93.1 Å². The first kappa shape index (κ1) is 10.7. The number of aromatic hydroxyl groups is 1. The molecule has 1 atom stereocenters. The number of benzene rings is 1. The average Bonchev–Trinajstić information content (AvgIpc) is 2.24. The Kier molecular flexibility index (Phi) is 3.12. The van der Waals surface area contributed by atoms with E-state index in [0.29, 0.717) is 5.56 Å². The van der Waals surface area contributed by atoms with E-state index in [2.05, 4.69) is 5.32 Å². The third-order valence-corrected chi connectivity index (χ3v) is 3.03. The lowest BCUT2D eigenvalue weighted by Crippen LogP contribution is -2.26. The van der Waals surface area contributed by atoms with E-state index in [9.17, 15) is 9.50 Å². The molecule has 0 radical (unpaired) electrons. The third kappa shape index (κ3) is 2.24. The summed E-state index contributed by atoms with van der Waals surface area (Å²) in [5.41, 5.74) is 0.569. The molecule has 2 N–H and O–H groups in total. The summed E-state index contributed by atoms with van der Waals surface area (Å²) in [6.45, 7) is 0.901. The zero-order valence-electron chi connectivity index (χ0n) is 8.26. The standard InChI is InChI=1S/C11H13ClFNO/c12-9-6-7(13)5-8(11(9)15)10-3-1-2-4-14-10/h5-6,10,14-15H,1-4H2/t10-/m1/s1. The minimum absolute atomic E-state index is 0.00235. The van der Waals surface area contributed by atoms with Gasteiger partial charge in [0.1, 0.15) is 11.6 Å². The van der Waals surface area contributed by atoms with Crippen LogP contribution in [0.1, 0.15) is 30.9 Å². The van der Waals surface area contributed by atoms with Crippen molar-refractivity contribution in [2.24, 2.45) is 0 Å². The van der Waals surface area contributed by atoms with Crippen LogP contribution < -0.4 is 5.32 Å². The summed E-state index contributed by atoms with van der Waals surface area (Å²) >= 11 is 5.72. The van der Waals surface area contributed by atoms with Crippen LogP contribution in [-0.2, 0) is 0 Å². The molecule has 1 fully saturated rings. The summed E-state index contributed by atoms with van der Waals surface area (Å²) in [5.74, 6) is -0.405. The molecule has 0 aromatic heterocycles. The van der Waals surface area contributed by atoms with E-state index in [-0.39, 0.29) is 16.8 Å². The maximum absolute atomic E-state index is 13.1. The molecule has 1 aromatic rings. The van der Waals surface area contributed by atoms with Gasteiger partial charge < -0.3 is 10.4 Å². The first-order chi connectivity index (χ1) is 7.18. The molecule has 0 unspecified atom stereocenters. The van der Waals surface area contributed by atoms with Crippen LogP contribution in [0.3, 0.4) is 0 Å². The molecule has 1 aromatic carbocycles. The molecule has 4 heteroatoms. The van der Waals surface area contributed by atoms with Crippen molar-refractivity contribution in [1.29, 1.82) is 0 Å². The first-order valence-corrected chi connectivity index (χ1v) is 5.47. The van der Waals surface area contributed by atoms with Gasteiger partial charge in [-0.15, -0.1) is 0 Å². The summed E-state index contributed by atoms with van der Waals surface area (Å²) < 4.78 is 13.1. The van der Waals surface area contributed by atoms with Crippen molar-refractivity contribution in [3.8, 4) is 5.75 Å². The third-order valence-electron chi connectivity index (χ3n) is 2.74. The molecular weight excluding hydrogens is 217 g/mol. The van der Waals surface area contributed by atoms with Gasteiger partial charge in [0.15, 0.2) is 0 Å². The number of nitrogens with one attached hydrogen (secondary N) is 1. The first-order valence-electron chi connectivity index (χ1n) is 5.10. The van der Waals surface area contributed by atoms with Crippen molar-refractivity contribution in [1.82, 2.24) is 5.32 Å². The van der Waals surface area contributed by atoms with Gasteiger partial charge in [0.25, 0.3) is 0 Å². The number of rotatable bonds is 1. The van der Waals surface area contributed by atoms with Crippen LogP contribution in [0.25, 0.3) is 0 Å². The molecule has 1 saturated heterocycles. The molecule has 0 bridgehead atoms. The van der Waals surface area contributed by atoms with Gasteiger partial charge in [-0.25, -0.2) is 4.39 Å². The second-order valence-corrected chi connectivity index (χ2v) is 4.24. The number of piperidine rings is 1. The van der Waals surface area contributed by atoms with Crippen molar-refractivity contribution in [2.45, 2.75) is 25.3 Å². The van der Waals surface area contributed by atoms with E-state index >= 15 is 0 Å². The molecule has 0 saturated carbocycles. The van der Waals surface area contributed by atoms with Crippen molar-refractivity contribution < 1.29 is 9.50 Å². The van der Waals surface area contributed by atoms with Gasteiger partial charge in [0, 0.05) is 11.6 Å². The maximum atomic E-state index is 13.1. The highest BCUT2D eigenvalue weighted by Gasteiger charge is 2.20. The van der Waals surface area contributed by atoms with Crippen molar-refractivity contribution >= 4 is 11.6 Å². The summed E-state index contributed by atoms with van der Waals surface area (Å²) in [7, 11) is 0. The zero-order valence-corrected chi connectivity index (χ0v) is 9.02. The number of phenolic OH excluding ortho intramolecular Hbond substituents is 1. The smallest absolute Gasteiger partial charge is 0.139 e. The van der Waals surface area contributed by atoms with Crippen LogP contribution >= 0.6 is 11.6 Å². The fourth-order valence-corrected chi connectivity index (χ4v) is 2.18. The van der Waals surface area contributed by atoms with E-state index < -0.39 is 5.82 Å². The summed E-state index contributed by atoms with van der Waals surface area (Å²) in [5, 5.41) is 13.1. The number of halogens is 2. The highest BCUT2D eigenvalue weighted by Crippen LogP contribution is 2.35. The minimum atomic E-state index is -0.403. The number of hydrogen-bond donors (Lipinski definition) is 2. The molecule has 15 heavy (non-hydrogen) atoms. The highest BCUT2D eigenvalue weighted by atomic mass is 35.5. The van der Waals surface area contributed by atoms with Gasteiger partial charge in [-0.2, -0.15) is 0 Å². The molecule has 0 aliphatic carbocycles. The summed E-state index contributed by atoms with van der Waals surface area (Å²) in [6.07, 6.45) is 3.12. The van der Waals surface area contributed by atoms with Crippen molar-refractivity contribution in [3.63, 3.8) is 0 Å². The fraction of sp³-hybridized carbons (Fsp3) is 0.455. The SMILES string of the molecule is Oc1c(Cl)cc(F)cc1[C@H]1CCCCN1. The highest BCUT2D eigenvalue weighted by molar-refractivity contribution is 6.32. The Hall–Kier alpha value is -0.800. The minimum Gasteiger partial charge on any atom is -0.506 e. The lowest BCUT2D eigenvalue weighted by Gasteiger charge is -2.24. The fourth-order valence-electron chi connectivity index (χ4n) is 1.97. The van der Waals surface area contributed by atoms with Crippen LogP contribution in [0, 0.1) is 5.82 Å². The van der Waals surface area contributed by atoms with Gasteiger partial charge in [-0.05, 0) is 31.5 Å². The topological polar surface area (TPSA) is 32.3 Å². The monoisotopic (exact) mass is 229 g/mol. The predicted octanol–water partition coefficient (Wildman–Crippen LogP) is 3.00. The van der Waals surface area contributed by atoms with Crippen LogP contribution in [-0.4, -0.2) is 11.7 Å². The Balaban J connectivity index is 2.33. The van der Waals surface area contributed by atoms with Crippen LogP contribution in [0.15, 0.2) is 12.1 Å². The molecule has 2 nitrogen and oxygen atoms in total. The molecule has 82 valence electrons. The van der Waals surface area contributed by atoms with Gasteiger partial charge in [-0.1, -0.05) is 18.0 Å². The van der Waals surface area contributed by atoms with E-state index in [0.717, 1.165) is 31.9 Å². The maximum Gasteiger partial charge on any atom is 0.139 e. The molecular formula is C11H13ClFNO. The average molecular weight is 230 g/mol. The van der Waals surface area contributed by atoms with Crippen LogP contribution in [0.4, 0.5) is 4.39 Å². The molecule has 1 aliphatic rings. The lowest BCUT2D eigenvalue weighted by molar-refractivity contribution is 0.389. The van der Waals surface area contributed by atoms with E-state index in [4.69, 9.17) is 11.6 Å². The van der Waals surface area contributed by atoms with E-state index in [1.165, 1.54) is 6.07 Å². The second-order valence-electron chi connectivity index (χ2n) is 3.83. The van der Waals surface area contributed by atoms with Gasteiger partial charge in [-0.3, -0.25) is 0 Å². The summed E-state index contributed by atoms with van der Waals surface area (Å²) in [6, 6.07) is 2.50. The Morgan fingerprint density at radius 1 is 1.40 bits per heavy atom. The lowest BCUT2D eigenvalue weighted by atomic mass is 9.97. The van der Waals surface area contributed by atoms with E-state index in [1.807, 2.05) is 0 Å². The molecule has 1 aliphatic heterocycles. The van der Waals surface area contributed by atoms with E-state index in [1.54, 1.807) is 0 Å². The normalized spacial score (nSPS) is 21.6. The molecule has 1 heterocycles. The second kappa shape index (κ2) is 4.37. The van der Waals surface area contributed by atoms with Crippen LogP contribution in [0.2, 0.25) is 5.02 Å². The van der Waals surface area contributed by atoms with Crippen molar-refractivity contribution in [3.05, 3.63) is 28.5 Å². The van der Waals surface area contributed by atoms with Gasteiger partial charge in [0.2, 0.25) is 0 Å². The van der Waals surface area contributed by atoms with Gasteiger partial charge in [0.05, 0.1) is 5.02 Å². The number of hydrogen-bond acceptors (Lipinski definition) is 2. The Morgan fingerprint density at radius 3 is 2.87 bits per heavy atom. The zero-order chi connectivity index (χ0) is 10.8. The van der Waals surface area contributed by atoms with Gasteiger partial charge >= 0.3 is 0 Å². The quantitative estimate of drug-likeness (QED) is 0.776.